The lowest BCUT2D eigenvalue weighted by Crippen LogP contribution is -2.39. The van der Waals surface area contributed by atoms with E-state index in [1.165, 1.54) is 11.1 Å². The van der Waals surface area contributed by atoms with Gasteiger partial charge in [-0.05, 0) is 42.2 Å². The van der Waals surface area contributed by atoms with Crippen LogP contribution in [0.4, 0.5) is 0 Å². The van der Waals surface area contributed by atoms with Gasteiger partial charge in [0.15, 0.2) is 11.5 Å². The Balaban J connectivity index is 1.38. The van der Waals surface area contributed by atoms with E-state index in [0.717, 1.165) is 19.4 Å². The Morgan fingerprint density at radius 1 is 1.03 bits per heavy atom. The van der Waals surface area contributed by atoms with Crippen molar-refractivity contribution in [2.24, 2.45) is 0 Å². The van der Waals surface area contributed by atoms with Crippen molar-refractivity contribution in [2.75, 3.05) is 26.4 Å². The molecule has 0 aliphatic carbocycles. The van der Waals surface area contributed by atoms with Crippen LogP contribution in [-0.2, 0) is 17.8 Å². The Bertz CT molecular complexity index is 912. The minimum atomic E-state index is -0.0815. The van der Waals surface area contributed by atoms with E-state index in [0.29, 0.717) is 43.1 Å². The van der Waals surface area contributed by atoms with Crippen LogP contribution in [0.25, 0.3) is 0 Å². The van der Waals surface area contributed by atoms with Gasteiger partial charge in [0.05, 0.1) is 0 Å². The molecule has 0 fully saturated rings. The standard InChI is InChI=1S/C23H26N2O4/c1-2-11-24(23(27)18-7-8-20-21(14-18)29-16-28-20)13-10-22(26)25-12-9-17-5-3-4-6-19(17)15-25/h3-8,14H,2,9-13,15-16H2,1H3. The van der Waals surface area contributed by atoms with Gasteiger partial charge in [0.25, 0.3) is 5.91 Å². The summed E-state index contributed by atoms with van der Waals surface area (Å²) in [5.41, 5.74) is 3.10. The van der Waals surface area contributed by atoms with Gasteiger partial charge in [-0.25, -0.2) is 0 Å². The average Bonchev–Trinajstić information content (AvgIpc) is 3.23. The van der Waals surface area contributed by atoms with Crippen molar-refractivity contribution in [3.8, 4) is 11.5 Å². The minimum Gasteiger partial charge on any atom is -0.454 e. The molecule has 2 amide bonds. The van der Waals surface area contributed by atoms with E-state index in [1.54, 1.807) is 23.1 Å². The van der Waals surface area contributed by atoms with Gasteiger partial charge in [-0.1, -0.05) is 31.2 Å². The van der Waals surface area contributed by atoms with E-state index in [9.17, 15) is 9.59 Å². The van der Waals surface area contributed by atoms with Gasteiger partial charge in [0.2, 0.25) is 12.7 Å². The fraction of sp³-hybridized carbons (Fsp3) is 0.391. The summed E-state index contributed by atoms with van der Waals surface area (Å²) >= 11 is 0. The molecule has 2 heterocycles. The molecule has 2 aliphatic rings. The van der Waals surface area contributed by atoms with Crippen molar-refractivity contribution in [3.05, 3.63) is 59.2 Å². The van der Waals surface area contributed by atoms with Crippen LogP contribution in [0.2, 0.25) is 0 Å². The second-order valence-corrected chi connectivity index (χ2v) is 7.44. The summed E-state index contributed by atoms with van der Waals surface area (Å²) in [7, 11) is 0. The number of benzene rings is 2. The lowest BCUT2D eigenvalue weighted by Gasteiger charge is -2.30. The van der Waals surface area contributed by atoms with Crippen LogP contribution in [0.5, 0.6) is 11.5 Å². The number of carbonyl (C=O) groups excluding carboxylic acids is 2. The van der Waals surface area contributed by atoms with Gasteiger partial charge in [-0.15, -0.1) is 0 Å². The van der Waals surface area contributed by atoms with Crippen LogP contribution in [0, 0.1) is 0 Å². The molecule has 0 saturated heterocycles. The molecule has 0 atom stereocenters. The van der Waals surface area contributed by atoms with Gasteiger partial charge < -0.3 is 19.3 Å². The highest BCUT2D eigenvalue weighted by molar-refractivity contribution is 5.95. The van der Waals surface area contributed by atoms with E-state index >= 15 is 0 Å². The lowest BCUT2D eigenvalue weighted by atomic mass is 10.00. The Kier molecular flexibility index (Phi) is 5.69. The predicted molar refractivity (Wildman–Crippen MR) is 109 cm³/mol. The average molecular weight is 394 g/mol. The zero-order valence-electron chi connectivity index (χ0n) is 16.7. The molecule has 2 aliphatic heterocycles. The van der Waals surface area contributed by atoms with Crippen molar-refractivity contribution >= 4 is 11.8 Å². The SMILES string of the molecule is CCCN(CCC(=O)N1CCc2ccccc2C1)C(=O)c1ccc2c(c1)OCO2. The van der Waals surface area contributed by atoms with Crippen LogP contribution < -0.4 is 9.47 Å². The van der Waals surface area contributed by atoms with Gasteiger partial charge in [-0.3, -0.25) is 9.59 Å². The van der Waals surface area contributed by atoms with E-state index in [1.807, 2.05) is 24.0 Å². The number of nitrogens with zero attached hydrogens (tertiary/aromatic N) is 2. The van der Waals surface area contributed by atoms with Crippen molar-refractivity contribution in [1.82, 2.24) is 9.80 Å². The smallest absolute Gasteiger partial charge is 0.254 e. The summed E-state index contributed by atoms with van der Waals surface area (Å²) in [5.74, 6) is 1.26. The summed E-state index contributed by atoms with van der Waals surface area (Å²) in [6.07, 6.45) is 2.05. The number of carbonyl (C=O) groups is 2. The molecule has 0 saturated carbocycles. The summed E-state index contributed by atoms with van der Waals surface area (Å²) in [5, 5.41) is 0. The summed E-state index contributed by atoms with van der Waals surface area (Å²) in [6, 6.07) is 13.5. The quantitative estimate of drug-likeness (QED) is 0.755. The molecule has 0 unspecified atom stereocenters. The van der Waals surface area contributed by atoms with E-state index in [-0.39, 0.29) is 18.6 Å². The molecule has 29 heavy (non-hydrogen) atoms. The van der Waals surface area contributed by atoms with Gasteiger partial charge in [-0.2, -0.15) is 0 Å². The molecule has 6 nitrogen and oxygen atoms in total. The maximum absolute atomic E-state index is 13.0. The van der Waals surface area contributed by atoms with Crippen LogP contribution in [-0.4, -0.2) is 48.0 Å². The predicted octanol–water partition coefficient (Wildman–Crippen LogP) is 3.24. The fourth-order valence-corrected chi connectivity index (χ4v) is 3.89. The second kappa shape index (κ2) is 8.55. The van der Waals surface area contributed by atoms with Gasteiger partial charge >= 0.3 is 0 Å². The van der Waals surface area contributed by atoms with Crippen molar-refractivity contribution in [3.63, 3.8) is 0 Å². The van der Waals surface area contributed by atoms with Crippen LogP contribution in [0.3, 0.4) is 0 Å². The molecule has 0 spiro atoms. The van der Waals surface area contributed by atoms with Crippen LogP contribution in [0.15, 0.2) is 42.5 Å². The first kappa shape index (κ1) is 19.3. The van der Waals surface area contributed by atoms with Crippen molar-refractivity contribution < 1.29 is 19.1 Å². The molecule has 0 bridgehead atoms. The Labute approximate surface area is 171 Å². The third-order valence-corrected chi connectivity index (χ3v) is 5.48. The van der Waals surface area contributed by atoms with Gasteiger partial charge in [0.1, 0.15) is 0 Å². The Hall–Kier alpha value is -3.02. The number of rotatable bonds is 6. The molecule has 0 radical (unpaired) electrons. The Morgan fingerprint density at radius 3 is 2.66 bits per heavy atom. The normalized spacial score (nSPS) is 14.4. The molecule has 4 rings (SSSR count). The molecular weight excluding hydrogens is 368 g/mol. The van der Waals surface area contributed by atoms with Crippen molar-refractivity contribution in [2.45, 2.75) is 32.7 Å². The highest BCUT2D eigenvalue weighted by Gasteiger charge is 2.23. The molecule has 6 heteroatoms. The summed E-state index contributed by atoms with van der Waals surface area (Å²) in [4.78, 5) is 29.4. The Morgan fingerprint density at radius 2 is 1.83 bits per heavy atom. The maximum atomic E-state index is 13.0. The highest BCUT2D eigenvalue weighted by Crippen LogP contribution is 2.32. The third-order valence-electron chi connectivity index (χ3n) is 5.48. The lowest BCUT2D eigenvalue weighted by molar-refractivity contribution is -0.132. The fourth-order valence-electron chi connectivity index (χ4n) is 3.89. The number of hydrogen-bond acceptors (Lipinski definition) is 4. The zero-order valence-corrected chi connectivity index (χ0v) is 16.7. The first-order chi connectivity index (χ1) is 14.2. The van der Waals surface area contributed by atoms with Crippen LogP contribution >= 0.6 is 0 Å². The van der Waals surface area contributed by atoms with E-state index < -0.39 is 0 Å². The number of ether oxygens (including phenoxy) is 2. The molecule has 2 aromatic carbocycles. The monoisotopic (exact) mass is 394 g/mol. The first-order valence-electron chi connectivity index (χ1n) is 10.2. The largest absolute Gasteiger partial charge is 0.454 e. The molecule has 0 N–H and O–H groups in total. The second-order valence-electron chi connectivity index (χ2n) is 7.44. The first-order valence-corrected chi connectivity index (χ1v) is 10.2. The topological polar surface area (TPSA) is 59.1 Å². The number of amides is 2. The van der Waals surface area contributed by atoms with Crippen LogP contribution in [0.1, 0.15) is 41.3 Å². The van der Waals surface area contributed by atoms with E-state index in [2.05, 4.69) is 12.1 Å². The number of hydrogen-bond donors (Lipinski definition) is 0. The molecular formula is C23H26N2O4. The van der Waals surface area contributed by atoms with Gasteiger partial charge in [0, 0.05) is 38.2 Å². The zero-order chi connectivity index (χ0) is 20.2. The third kappa shape index (κ3) is 4.21. The molecule has 152 valence electrons. The summed E-state index contributed by atoms with van der Waals surface area (Å²) < 4.78 is 10.7. The summed E-state index contributed by atoms with van der Waals surface area (Å²) in [6.45, 7) is 4.63. The maximum Gasteiger partial charge on any atom is 0.254 e. The molecule has 2 aromatic rings. The van der Waals surface area contributed by atoms with Crippen molar-refractivity contribution in [1.29, 1.82) is 0 Å². The molecule has 0 aromatic heterocycles. The van der Waals surface area contributed by atoms with E-state index in [4.69, 9.17) is 9.47 Å². The highest BCUT2D eigenvalue weighted by atomic mass is 16.7. The number of fused-ring (bicyclic) bond motifs is 2. The minimum absolute atomic E-state index is 0.0815.